The predicted molar refractivity (Wildman–Crippen MR) is 62.7 cm³/mol. The fraction of sp³-hybridized carbons (Fsp3) is 0.455. The Bertz CT molecular complexity index is 397. The van der Waals surface area contributed by atoms with E-state index in [0.29, 0.717) is 5.75 Å². The van der Waals surface area contributed by atoms with Gasteiger partial charge in [0.25, 0.3) is 0 Å². The van der Waals surface area contributed by atoms with Gasteiger partial charge in [0.2, 0.25) is 0 Å². The zero-order valence-electron chi connectivity index (χ0n) is 10.2. The van der Waals surface area contributed by atoms with E-state index in [-0.39, 0.29) is 5.75 Å². The van der Waals surface area contributed by atoms with Crippen LogP contribution in [0.3, 0.4) is 0 Å². The Morgan fingerprint density at radius 3 is 2.12 bits per heavy atom. The third kappa shape index (κ3) is 3.96. The van der Waals surface area contributed by atoms with E-state index >= 15 is 0 Å². The van der Waals surface area contributed by atoms with Gasteiger partial charge in [-0.15, -0.1) is 13.2 Å². The van der Waals surface area contributed by atoms with Gasteiger partial charge in [-0.1, -0.05) is 19.6 Å². The van der Waals surface area contributed by atoms with Crippen LogP contribution in [0.4, 0.5) is 13.2 Å². The third-order valence-corrected chi connectivity index (χ3v) is 4.22. The molecule has 0 saturated heterocycles. The number of rotatable bonds is 3. The number of hydrogen-bond donors (Lipinski definition) is 0. The maximum Gasteiger partial charge on any atom is 0.573 e. The lowest BCUT2D eigenvalue weighted by Gasteiger charge is -2.21. The molecule has 0 unspecified atom stereocenters. The molecule has 0 aliphatic carbocycles. The second-order valence-electron chi connectivity index (χ2n) is 4.66. The van der Waals surface area contributed by atoms with Crippen molar-refractivity contribution >= 4 is 13.3 Å². The average molecular weight is 264 g/mol. The molecule has 0 radical (unpaired) electrons. The molecule has 0 heterocycles. The van der Waals surface area contributed by atoms with Gasteiger partial charge in [0.15, 0.2) is 0 Å². The maximum absolute atomic E-state index is 12.1. The monoisotopic (exact) mass is 264 g/mol. The number of hydrogen-bond acceptors (Lipinski definition) is 2. The van der Waals surface area contributed by atoms with Gasteiger partial charge in [0.1, 0.15) is 11.5 Å². The van der Waals surface area contributed by atoms with E-state index in [9.17, 15) is 13.2 Å². The first-order valence-corrected chi connectivity index (χ1v) is 8.58. The Morgan fingerprint density at radius 2 is 1.71 bits per heavy atom. The van der Waals surface area contributed by atoms with Crippen molar-refractivity contribution in [2.45, 2.75) is 26.0 Å². The first kappa shape index (κ1) is 13.9. The smallest absolute Gasteiger partial charge is 0.497 e. The van der Waals surface area contributed by atoms with E-state index in [1.165, 1.54) is 25.3 Å². The Balaban J connectivity index is 3.14. The van der Waals surface area contributed by atoms with Crippen LogP contribution in [0.15, 0.2) is 18.2 Å². The topological polar surface area (TPSA) is 18.5 Å². The molecular formula is C11H15F3O2Si. The van der Waals surface area contributed by atoms with Crippen molar-refractivity contribution in [3.63, 3.8) is 0 Å². The number of alkyl halides is 3. The van der Waals surface area contributed by atoms with Gasteiger partial charge < -0.3 is 9.47 Å². The summed E-state index contributed by atoms with van der Waals surface area (Å²) in [5, 5.41) is 0.807. The minimum Gasteiger partial charge on any atom is -0.497 e. The minimum absolute atomic E-state index is 0.198. The molecule has 6 heteroatoms. The number of benzene rings is 1. The molecule has 1 rings (SSSR count). The number of methoxy groups -OCH3 is 1. The lowest BCUT2D eigenvalue weighted by molar-refractivity contribution is -0.274. The summed E-state index contributed by atoms with van der Waals surface area (Å²) in [6, 6.07) is 4.18. The molecule has 0 fully saturated rings. The summed E-state index contributed by atoms with van der Waals surface area (Å²) >= 11 is 0. The van der Waals surface area contributed by atoms with Crippen molar-refractivity contribution < 1.29 is 22.6 Å². The zero-order valence-corrected chi connectivity index (χ0v) is 11.2. The standard InChI is InChI=1S/C11H15F3O2Si/c1-15-9-6-5-8(16-11(12,13)14)7-10(9)17(2,3)4/h5-7H,1-4H3. The highest BCUT2D eigenvalue weighted by Gasteiger charge is 2.32. The maximum atomic E-state index is 12.1. The predicted octanol–water partition coefficient (Wildman–Crippen LogP) is 3.14. The molecule has 2 nitrogen and oxygen atoms in total. The van der Waals surface area contributed by atoms with Crippen LogP contribution in [0.25, 0.3) is 0 Å². The first-order valence-electron chi connectivity index (χ1n) is 5.08. The molecule has 0 aromatic heterocycles. The first-order chi connectivity index (χ1) is 7.63. The molecule has 0 N–H and O–H groups in total. The number of halogens is 3. The van der Waals surface area contributed by atoms with Crippen molar-refractivity contribution in [1.82, 2.24) is 0 Å². The SMILES string of the molecule is COc1ccc(OC(F)(F)F)cc1[Si](C)(C)C. The third-order valence-electron chi connectivity index (χ3n) is 2.21. The van der Waals surface area contributed by atoms with Crippen LogP contribution in [0, 0.1) is 0 Å². The van der Waals surface area contributed by atoms with Crippen LogP contribution in [-0.2, 0) is 0 Å². The van der Waals surface area contributed by atoms with Gasteiger partial charge in [-0.05, 0) is 23.4 Å². The van der Waals surface area contributed by atoms with Gasteiger partial charge in [-0.3, -0.25) is 0 Å². The van der Waals surface area contributed by atoms with Crippen LogP contribution in [0.1, 0.15) is 0 Å². The van der Waals surface area contributed by atoms with E-state index in [4.69, 9.17) is 4.74 Å². The van der Waals surface area contributed by atoms with Gasteiger partial charge in [-0.2, -0.15) is 0 Å². The average Bonchev–Trinajstić information content (AvgIpc) is 2.13. The molecule has 1 aromatic carbocycles. The second-order valence-corrected chi connectivity index (χ2v) is 9.70. The van der Waals surface area contributed by atoms with Gasteiger partial charge in [0, 0.05) is 0 Å². The van der Waals surface area contributed by atoms with Crippen molar-refractivity contribution in [1.29, 1.82) is 0 Å². The van der Waals surface area contributed by atoms with Crippen LogP contribution in [0.5, 0.6) is 11.5 Å². The molecule has 0 aliphatic rings. The second kappa shape index (κ2) is 4.60. The lowest BCUT2D eigenvalue weighted by Crippen LogP contribution is -2.38. The molecule has 0 spiro atoms. The van der Waals surface area contributed by atoms with Crippen molar-refractivity contribution in [3.8, 4) is 11.5 Å². The fourth-order valence-electron chi connectivity index (χ4n) is 1.47. The van der Waals surface area contributed by atoms with E-state index in [1.54, 1.807) is 0 Å². The molecular weight excluding hydrogens is 249 g/mol. The van der Waals surface area contributed by atoms with Gasteiger partial charge >= 0.3 is 6.36 Å². The zero-order chi connectivity index (χ0) is 13.3. The van der Waals surface area contributed by atoms with Crippen LogP contribution in [0.2, 0.25) is 19.6 Å². The number of ether oxygens (including phenoxy) is 2. The fourth-order valence-corrected chi connectivity index (χ4v) is 2.97. The normalized spacial score (nSPS) is 12.4. The van der Waals surface area contributed by atoms with E-state index < -0.39 is 14.4 Å². The highest BCUT2D eigenvalue weighted by Crippen LogP contribution is 2.25. The van der Waals surface area contributed by atoms with E-state index in [0.717, 1.165) is 5.19 Å². The molecule has 0 aliphatic heterocycles. The quantitative estimate of drug-likeness (QED) is 0.781. The lowest BCUT2D eigenvalue weighted by atomic mass is 10.3. The highest BCUT2D eigenvalue weighted by atomic mass is 28.3. The molecule has 17 heavy (non-hydrogen) atoms. The summed E-state index contributed by atoms with van der Waals surface area (Å²) in [6.07, 6.45) is -4.66. The highest BCUT2D eigenvalue weighted by molar-refractivity contribution is 6.89. The summed E-state index contributed by atoms with van der Waals surface area (Å²) in [4.78, 5) is 0. The minimum atomic E-state index is -4.66. The van der Waals surface area contributed by atoms with Crippen molar-refractivity contribution in [3.05, 3.63) is 18.2 Å². The summed E-state index contributed by atoms with van der Waals surface area (Å²) in [5.74, 6) is 0.411. The van der Waals surface area contributed by atoms with Gasteiger partial charge in [-0.25, -0.2) is 0 Å². The summed E-state index contributed by atoms with van der Waals surface area (Å²) in [6.45, 7) is 6.09. The van der Waals surface area contributed by atoms with E-state index in [2.05, 4.69) is 4.74 Å². The molecule has 0 bridgehead atoms. The Kier molecular flexibility index (Phi) is 3.76. The largest absolute Gasteiger partial charge is 0.573 e. The summed E-state index contributed by atoms with van der Waals surface area (Å²) < 4.78 is 45.4. The van der Waals surface area contributed by atoms with Crippen molar-refractivity contribution in [2.75, 3.05) is 7.11 Å². The van der Waals surface area contributed by atoms with Crippen LogP contribution in [-0.4, -0.2) is 21.5 Å². The molecule has 0 saturated carbocycles. The molecule has 0 amide bonds. The van der Waals surface area contributed by atoms with Crippen molar-refractivity contribution in [2.24, 2.45) is 0 Å². The Hall–Kier alpha value is -1.17. The summed E-state index contributed by atoms with van der Waals surface area (Å²) in [5.41, 5.74) is 0. The van der Waals surface area contributed by atoms with Gasteiger partial charge in [0.05, 0.1) is 15.2 Å². The molecule has 1 aromatic rings. The molecule has 0 atom stereocenters. The van der Waals surface area contributed by atoms with E-state index in [1.807, 2.05) is 19.6 Å². The Labute approximate surface area is 99.4 Å². The Morgan fingerprint density at radius 1 is 1.12 bits per heavy atom. The molecule has 96 valence electrons. The summed E-state index contributed by atoms with van der Waals surface area (Å²) in [7, 11) is -0.275. The van der Waals surface area contributed by atoms with Crippen LogP contribution >= 0.6 is 0 Å². The van der Waals surface area contributed by atoms with Crippen LogP contribution < -0.4 is 14.7 Å².